The second-order valence-electron chi connectivity index (χ2n) is 5.64. The third-order valence-electron chi connectivity index (χ3n) is 3.69. The molecular weight excluding hydrogens is 304 g/mol. The predicted molar refractivity (Wildman–Crippen MR) is 91.8 cm³/mol. The molecule has 0 bridgehead atoms. The highest BCUT2D eigenvalue weighted by Gasteiger charge is 2.07. The predicted octanol–water partition coefficient (Wildman–Crippen LogP) is 2.60. The van der Waals surface area contributed by atoms with Crippen LogP contribution in [0.2, 0.25) is 0 Å². The van der Waals surface area contributed by atoms with Gasteiger partial charge >= 0.3 is 5.97 Å². The summed E-state index contributed by atoms with van der Waals surface area (Å²) in [6.07, 6.45) is 4.11. The van der Waals surface area contributed by atoms with Gasteiger partial charge in [0.1, 0.15) is 6.61 Å². The van der Waals surface area contributed by atoms with Crippen LogP contribution in [-0.2, 0) is 16.0 Å². The average molecular weight is 326 g/mol. The Morgan fingerprint density at radius 3 is 2.58 bits per heavy atom. The van der Waals surface area contributed by atoms with E-state index < -0.39 is 0 Å². The van der Waals surface area contributed by atoms with Crippen LogP contribution in [0, 0.1) is 13.8 Å². The van der Waals surface area contributed by atoms with E-state index in [1.165, 1.54) is 11.1 Å². The first-order valence-electron chi connectivity index (χ1n) is 7.96. The number of nitrogens with one attached hydrogen (secondary N) is 1. The number of hydrogen-bond donors (Lipinski definition) is 1. The fourth-order valence-electron chi connectivity index (χ4n) is 2.37. The summed E-state index contributed by atoms with van der Waals surface area (Å²) in [4.78, 5) is 27.4. The molecule has 0 spiro atoms. The van der Waals surface area contributed by atoms with Gasteiger partial charge in [-0.05, 0) is 43.5 Å². The Morgan fingerprint density at radius 1 is 1.12 bits per heavy atom. The number of nitrogens with zero attached hydrogens (tertiary/aromatic N) is 1. The SMILES string of the molecule is Cc1ccc(CCC(=O)OCCNC(=O)c2ccncc2)c(C)c1. The Morgan fingerprint density at radius 2 is 1.88 bits per heavy atom. The molecule has 126 valence electrons. The maximum absolute atomic E-state index is 11.8. The number of rotatable bonds is 7. The molecule has 1 aromatic heterocycles. The molecule has 0 atom stereocenters. The number of carbonyl (C=O) groups excluding carboxylic acids is 2. The van der Waals surface area contributed by atoms with Gasteiger partial charge in [0.25, 0.3) is 5.91 Å². The Hall–Kier alpha value is -2.69. The zero-order valence-corrected chi connectivity index (χ0v) is 14.0. The van der Waals surface area contributed by atoms with Crippen LogP contribution in [0.4, 0.5) is 0 Å². The van der Waals surface area contributed by atoms with Crippen LogP contribution in [0.5, 0.6) is 0 Å². The highest BCUT2D eigenvalue weighted by Crippen LogP contribution is 2.12. The van der Waals surface area contributed by atoms with Crippen molar-refractivity contribution in [1.82, 2.24) is 10.3 Å². The molecule has 0 saturated carbocycles. The molecule has 1 amide bonds. The molecule has 2 aromatic rings. The maximum atomic E-state index is 11.8. The molecule has 0 aliphatic heterocycles. The second kappa shape index (κ2) is 8.82. The molecule has 1 N–H and O–H groups in total. The first kappa shape index (κ1) is 17.7. The van der Waals surface area contributed by atoms with Crippen molar-refractivity contribution in [2.75, 3.05) is 13.2 Å². The fourth-order valence-corrected chi connectivity index (χ4v) is 2.37. The van der Waals surface area contributed by atoms with Gasteiger partial charge in [-0.15, -0.1) is 0 Å². The van der Waals surface area contributed by atoms with E-state index in [4.69, 9.17) is 4.74 Å². The molecule has 0 saturated heterocycles. The molecule has 5 heteroatoms. The maximum Gasteiger partial charge on any atom is 0.306 e. The quantitative estimate of drug-likeness (QED) is 0.627. The lowest BCUT2D eigenvalue weighted by molar-refractivity contribution is -0.143. The smallest absolute Gasteiger partial charge is 0.306 e. The lowest BCUT2D eigenvalue weighted by Crippen LogP contribution is -2.28. The van der Waals surface area contributed by atoms with Gasteiger partial charge in [0.2, 0.25) is 0 Å². The number of esters is 1. The molecule has 1 aromatic carbocycles. The van der Waals surface area contributed by atoms with Crippen LogP contribution in [0.15, 0.2) is 42.7 Å². The summed E-state index contributed by atoms with van der Waals surface area (Å²) < 4.78 is 5.15. The Labute approximate surface area is 142 Å². The Kier molecular flexibility index (Phi) is 6.49. The van der Waals surface area contributed by atoms with E-state index in [0.29, 0.717) is 18.4 Å². The van der Waals surface area contributed by atoms with Crippen LogP contribution in [0.3, 0.4) is 0 Å². The first-order valence-corrected chi connectivity index (χ1v) is 7.96. The van der Waals surface area contributed by atoms with E-state index in [-0.39, 0.29) is 25.0 Å². The summed E-state index contributed by atoms with van der Waals surface area (Å²) >= 11 is 0. The van der Waals surface area contributed by atoms with Crippen LogP contribution in [0.1, 0.15) is 33.5 Å². The van der Waals surface area contributed by atoms with Crippen molar-refractivity contribution in [3.63, 3.8) is 0 Å². The lowest BCUT2D eigenvalue weighted by Gasteiger charge is -2.08. The van der Waals surface area contributed by atoms with Crippen LogP contribution >= 0.6 is 0 Å². The minimum atomic E-state index is -0.256. The topological polar surface area (TPSA) is 68.3 Å². The number of aromatic nitrogens is 1. The monoisotopic (exact) mass is 326 g/mol. The van der Waals surface area contributed by atoms with Crippen LogP contribution in [-0.4, -0.2) is 30.0 Å². The molecule has 5 nitrogen and oxygen atoms in total. The molecule has 2 rings (SSSR count). The van der Waals surface area contributed by atoms with E-state index >= 15 is 0 Å². The number of ether oxygens (including phenoxy) is 1. The largest absolute Gasteiger partial charge is 0.464 e. The van der Waals surface area contributed by atoms with Gasteiger partial charge < -0.3 is 10.1 Å². The summed E-state index contributed by atoms with van der Waals surface area (Å²) in [6, 6.07) is 9.46. The average Bonchev–Trinajstić information content (AvgIpc) is 2.58. The van der Waals surface area contributed by atoms with Crippen LogP contribution in [0.25, 0.3) is 0 Å². The third-order valence-corrected chi connectivity index (χ3v) is 3.69. The number of aryl methyl sites for hydroxylation is 3. The van der Waals surface area contributed by atoms with Gasteiger partial charge in [-0.3, -0.25) is 14.6 Å². The van der Waals surface area contributed by atoms with Gasteiger partial charge in [-0.1, -0.05) is 23.8 Å². The van der Waals surface area contributed by atoms with E-state index in [1.54, 1.807) is 24.5 Å². The van der Waals surface area contributed by atoms with Crippen molar-refractivity contribution in [3.05, 3.63) is 65.0 Å². The van der Waals surface area contributed by atoms with Gasteiger partial charge in [-0.25, -0.2) is 0 Å². The highest BCUT2D eigenvalue weighted by molar-refractivity contribution is 5.93. The summed E-state index contributed by atoms with van der Waals surface area (Å²) in [7, 11) is 0. The van der Waals surface area contributed by atoms with E-state index in [9.17, 15) is 9.59 Å². The molecule has 24 heavy (non-hydrogen) atoms. The minimum Gasteiger partial charge on any atom is -0.464 e. The Balaban J connectivity index is 1.65. The molecule has 0 fully saturated rings. The van der Waals surface area contributed by atoms with Crippen molar-refractivity contribution >= 4 is 11.9 Å². The number of pyridine rings is 1. The standard InChI is InChI=1S/C19H22N2O3/c1-14-3-4-16(15(2)13-14)5-6-18(22)24-12-11-21-19(23)17-7-9-20-10-8-17/h3-4,7-10,13H,5-6,11-12H2,1-2H3,(H,21,23). The Bertz CT molecular complexity index is 699. The minimum absolute atomic E-state index is 0.169. The normalized spacial score (nSPS) is 10.2. The second-order valence-corrected chi connectivity index (χ2v) is 5.64. The van der Waals surface area contributed by atoms with E-state index in [0.717, 1.165) is 5.56 Å². The van der Waals surface area contributed by atoms with Crippen molar-refractivity contribution < 1.29 is 14.3 Å². The van der Waals surface area contributed by atoms with Crippen molar-refractivity contribution in [2.45, 2.75) is 26.7 Å². The van der Waals surface area contributed by atoms with Crippen LogP contribution < -0.4 is 5.32 Å². The fraction of sp³-hybridized carbons (Fsp3) is 0.316. The van der Waals surface area contributed by atoms with Gasteiger partial charge in [0.05, 0.1) is 6.54 Å². The number of hydrogen-bond acceptors (Lipinski definition) is 4. The van der Waals surface area contributed by atoms with Crippen molar-refractivity contribution in [2.24, 2.45) is 0 Å². The molecule has 1 heterocycles. The first-order chi connectivity index (χ1) is 11.6. The molecule has 0 aliphatic rings. The summed E-state index contributed by atoms with van der Waals surface area (Å²) in [6.45, 7) is 4.55. The zero-order chi connectivity index (χ0) is 17.4. The van der Waals surface area contributed by atoms with E-state index in [1.807, 2.05) is 26.0 Å². The van der Waals surface area contributed by atoms with E-state index in [2.05, 4.69) is 16.4 Å². The number of carbonyl (C=O) groups is 2. The van der Waals surface area contributed by atoms with Gasteiger partial charge in [-0.2, -0.15) is 0 Å². The number of amides is 1. The summed E-state index contributed by atoms with van der Waals surface area (Å²) in [5.74, 6) is -0.461. The zero-order valence-electron chi connectivity index (χ0n) is 14.0. The highest BCUT2D eigenvalue weighted by atomic mass is 16.5. The molecule has 0 radical (unpaired) electrons. The van der Waals surface area contributed by atoms with Crippen molar-refractivity contribution in [3.8, 4) is 0 Å². The lowest BCUT2D eigenvalue weighted by atomic mass is 10.0. The van der Waals surface area contributed by atoms with Gasteiger partial charge in [0, 0.05) is 24.4 Å². The summed E-state index contributed by atoms with van der Waals surface area (Å²) in [5.41, 5.74) is 4.09. The molecular formula is C19H22N2O3. The molecule has 0 aliphatic carbocycles. The van der Waals surface area contributed by atoms with Crippen molar-refractivity contribution in [1.29, 1.82) is 0 Å². The van der Waals surface area contributed by atoms with Gasteiger partial charge in [0.15, 0.2) is 0 Å². The third kappa shape index (κ3) is 5.50. The number of benzene rings is 1. The summed E-state index contributed by atoms with van der Waals surface area (Å²) in [5, 5.41) is 2.70. The molecule has 0 unspecified atom stereocenters.